The second-order valence-corrected chi connectivity index (χ2v) is 14.0. The summed E-state index contributed by atoms with van der Waals surface area (Å²) in [5.41, 5.74) is 9.18. The van der Waals surface area contributed by atoms with Crippen LogP contribution < -0.4 is 4.90 Å². The van der Waals surface area contributed by atoms with Crippen molar-refractivity contribution in [2.75, 3.05) is 19.0 Å². The molecule has 0 N–H and O–H groups in total. The SMILES string of the molecule is Cc1ccc(CC2(C)/C(=C\C=C\C3=[N+](C)c4c(ccc5ccccc45)C3(C)Cc3ccccc3)N(C)c3ccccc32)s1. The largest absolute Gasteiger partial charge is 0.347 e. The maximum Gasteiger partial charge on any atom is 0.217 e. The van der Waals surface area contributed by atoms with Gasteiger partial charge in [0.2, 0.25) is 5.69 Å². The number of thiophene rings is 1. The van der Waals surface area contributed by atoms with Crippen LogP contribution in [0, 0.1) is 6.92 Å². The highest BCUT2D eigenvalue weighted by Gasteiger charge is 2.47. The van der Waals surface area contributed by atoms with Gasteiger partial charge in [0, 0.05) is 45.2 Å². The van der Waals surface area contributed by atoms with Crippen molar-refractivity contribution in [1.82, 2.24) is 0 Å². The van der Waals surface area contributed by atoms with Gasteiger partial charge in [-0.25, -0.2) is 0 Å². The predicted molar refractivity (Wildman–Crippen MR) is 184 cm³/mol. The van der Waals surface area contributed by atoms with E-state index < -0.39 is 0 Å². The van der Waals surface area contributed by atoms with Crippen LogP contribution in [0.3, 0.4) is 0 Å². The third-order valence-corrected chi connectivity index (χ3v) is 10.8. The fourth-order valence-electron chi connectivity index (χ4n) is 7.69. The molecule has 0 bridgehead atoms. The maximum absolute atomic E-state index is 2.44. The molecule has 5 aromatic rings. The fourth-order valence-corrected chi connectivity index (χ4v) is 8.73. The molecule has 0 aliphatic carbocycles. The standard InChI is InChI=1S/C40H39N2S/c1-28-22-24-31(43-28)27-40(3)33-18-11-12-19-35(33)41(4)36(40)20-13-21-37-39(2,26-29-14-7-6-8-15-29)34-25-23-30-16-9-10-17-32(30)38(34)42(37)5/h6-25H,26-27H2,1-5H3/q+1. The Balaban J connectivity index is 1.34. The van der Waals surface area contributed by atoms with E-state index in [0.29, 0.717) is 0 Å². The van der Waals surface area contributed by atoms with Crippen molar-refractivity contribution >= 4 is 39.2 Å². The molecule has 7 rings (SSSR count). The minimum absolute atomic E-state index is 0.105. The summed E-state index contributed by atoms with van der Waals surface area (Å²) in [5, 5.41) is 2.60. The van der Waals surface area contributed by atoms with E-state index in [4.69, 9.17) is 0 Å². The van der Waals surface area contributed by atoms with Gasteiger partial charge >= 0.3 is 0 Å². The lowest BCUT2D eigenvalue weighted by molar-refractivity contribution is -0.399. The molecule has 0 amide bonds. The molecule has 0 fully saturated rings. The van der Waals surface area contributed by atoms with Crippen molar-refractivity contribution in [1.29, 1.82) is 0 Å². The van der Waals surface area contributed by atoms with Crippen molar-refractivity contribution in [2.24, 2.45) is 0 Å². The van der Waals surface area contributed by atoms with Gasteiger partial charge in [-0.15, -0.1) is 11.3 Å². The number of fused-ring (bicyclic) bond motifs is 4. The lowest BCUT2D eigenvalue weighted by Crippen LogP contribution is -2.33. The zero-order valence-electron chi connectivity index (χ0n) is 25.8. The van der Waals surface area contributed by atoms with E-state index in [1.807, 2.05) is 11.3 Å². The molecule has 43 heavy (non-hydrogen) atoms. The van der Waals surface area contributed by atoms with Crippen LogP contribution in [-0.4, -0.2) is 24.4 Å². The van der Waals surface area contributed by atoms with Crippen molar-refractivity contribution in [3.05, 3.63) is 153 Å². The number of aryl methyl sites for hydroxylation is 1. The Morgan fingerprint density at radius 1 is 0.767 bits per heavy atom. The van der Waals surface area contributed by atoms with Gasteiger partial charge < -0.3 is 4.90 Å². The summed E-state index contributed by atoms with van der Waals surface area (Å²) < 4.78 is 2.44. The molecule has 2 nitrogen and oxygen atoms in total. The number of hydrogen-bond donors (Lipinski definition) is 0. The topological polar surface area (TPSA) is 6.25 Å². The first-order valence-electron chi connectivity index (χ1n) is 15.2. The molecule has 3 heterocycles. The van der Waals surface area contributed by atoms with E-state index >= 15 is 0 Å². The van der Waals surface area contributed by atoms with Crippen LogP contribution in [0.2, 0.25) is 0 Å². The molecule has 2 aliphatic rings. The summed E-state index contributed by atoms with van der Waals surface area (Å²) in [6, 6.07) is 37.8. The number of allylic oxidation sites excluding steroid dienone is 4. The summed E-state index contributed by atoms with van der Waals surface area (Å²) in [6.07, 6.45) is 8.98. The molecule has 0 saturated heterocycles. The molecular weight excluding hydrogens is 541 g/mol. The second kappa shape index (κ2) is 10.5. The number of para-hydroxylation sites is 1. The van der Waals surface area contributed by atoms with Gasteiger partial charge in [0.05, 0.1) is 10.8 Å². The highest BCUT2D eigenvalue weighted by molar-refractivity contribution is 7.11. The third-order valence-electron chi connectivity index (χ3n) is 9.78. The molecule has 0 saturated carbocycles. The van der Waals surface area contributed by atoms with Crippen LogP contribution in [-0.2, 0) is 23.7 Å². The monoisotopic (exact) mass is 579 g/mol. The highest BCUT2D eigenvalue weighted by Crippen LogP contribution is 2.50. The Morgan fingerprint density at radius 3 is 2.30 bits per heavy atom. The zero-order chi connectivity index (χ0) is 29.8. The summed E-state index contributed by atoms with van der Waals surface area (Å²) in [7, 11) is 4.47. The number of rotatable bonds is 6. The Hall–Kier alpha value is -4.21. The lowest BCUT2D eigenvalue weighted by atomic mass is 9.74. The molecule has 2 aliphatic heterocycles. The van der Waals surface area contributed by atoms with Gasteiger partial charge in [-0.05, 0) is 80.5 Å². The van der Waals surface area contributed by atoms with E-state index in [1.54, 1.807) is 0 Å². The molecule has 0 spiro atoms. The van der Waals surface area contributed by atoms with E-state index in [0.717, 1.165) is 12.8 Å². The first-order chi connectivity index (χ1) is 20.8. The summed E-state index contributed by atoms with van der Waals surface area (Å²) in [4.78, 5) is 5.20. The Morgan fingerprint density at radius 2 is 1.51 bits per heavy atom. The number of benzene rings is 4. The van der Waals surface area contributed by atoms with Crippen molar-refractivity contribution in [3.63, 3.8) is 0 Å². The smallest absolute Gasteiger partial charge is 0.217 e. The van der Waals surface area contributed by atoms with Crippen LogP contribution in [0.15, 0.2) is 127 Å². The van der Waals surface area contributed by atoms with Crippen LogP contribution in [0.5, 0.6) is 0 Å². The Kier molecular flexibility index (Phi) is 6.74. The molecular formula is C40H39N2S+. The van der Waals surface area contributed by atoms with E-state index in [2.05, 4.69) is 166 Å². The van der Waals surface area contributed by atoms with Gasteiger partial charge in [-0.2, -0.15) is 4.58 Å². The lowest BCUT2D eigenvalue weighted by Gasteiger charge is -2.28. The number of nitrogens with zero attached hydrogens (tertiary/aromatic N) is 2. The third kappa shape index (κ3) is 4.49. The fraction of sp³-hybridized carbons (Fsp3) is 0.225. The van der Waals surface area contributed by atoms with Crippen LogP contribution >= 0.6 is 11.3 Å². The van der Waals surface area contributed by atoms with Gasteiger partial charge in [0.15, 0.2) is 5.71 Å². The second-order valence-electron chi connectivity index (χ2n) is 12.6. The van der Waals surface area contributed by atoms with E-state index in [-0.39, 0.29) is 10.8 Å². The minimum atomic E-state index is -0.160. The first-order valence-corrected chi connectivity index (χ1v) is 16.1. The molecule has 1 aromatic heterocycles. The molecule has 2 atom stereocenters. The van der Waals surface area contributed by atoms with Crippen molar-refractivity contribution in [3.8, 4) is 0 Å². The normalized spacial score (nSPS) is 22.3. The summed E-state index contributed by atoms with van der Waals surface area (Å²) in [5.74, 6) is 0. The van der Waals surface area contributed by atoms with Crippen molar-refractivity contribution in [2.45, 2.75) is 44.4 Å². The van der Waals surface area contributed by atoms with Crippen LogP contribution in [0.1, 0.15) is 40.3 Å². The van der Waals surface area contributed by atoms with Crippen LogP contribution in [0.4, 0.5) is 11.4 Å². The molecule has 4 aromatic carbocycles. The number of anilines is 1. The number of hydrogen-bond acceptors (Lipinski definition) is 2. The van der Waals surface area contributed by atoms with Gasteiger partial charge in [-0.1, -0.05) is 84.9 Å². The van der Waals surface area contributed by atoms with E-state index in [9.17, 15) is 0 Å². The molecule has 2 unspecified atom stereocenters. The minimum Gasteiger partial charge on any atom is -0.347 e. The van der Waals surface area contributed by atoms with Gasteiger partial charge in [0.1, 0.15) is 7.05 Å². The van der Waals surface area contributed by atoms with Gasteiger partial charge in [0.25, 0.3) is 0 Å². The summed E-state index contributed by atoms with van der Waals surface area (Å²) in [6.45, 7) is 7.04. The predicted octanol–water partition coefficient (Wildman–Crippen LogP) is 9.53. The number of likely N-dealkylation sites (N-methyl/N-ethyl adjacent to an activating group) is 1. The van der Waals surface area contributed by atoms with E-state index in [1.165, 1.54) is 60.0 Å². The Bertz CT molecular complexity index is 1940. The van der Waals surface area contributed by atoms with Gasteiger partial charge in [-0.3, -0.25) is 0 Å². The molecule has 3 heteroatoms. The summed E-state index contributed by atoms with van der Waals surface area (Å²) >= 11 is 1.92. The molecule has 214 valence electrons. The average Bonchev–Trinajstić information content (AvgIpc) is 3.59. The van der Waals surface area contributed by atoms with Crippen molar-refractivity contribution < 1.29 is 4.58 Å². The average molecular weight is 580 g/mol. The zero-order valence-corrected chi connectivity index (χ0v) is 26.6. The van der Waals surface area contributed by atoms with Crippen LogP contribution in [0.25, 0.3) is 10.8 Å². The first kappa shape index (κ1) is 27.6. The molecule has 0 radical (unpaired) electrons. The highest BCUT2D eigenvalue weighted by atomic mass is 32.1. The quantitative estimate of drug-likeness (QED) is 0.182. The Labute approximate surface area is 260 Å². The maximum atomic E-state index is 2.44.